The molecule has 4 saturated carbocycles. The van der Waals surface area contributed by atoms with Gasteiger partial charge in [0.1, 0.15) is 0 Å². The van der Waals surface area contributed by atoms with E-state index in [0.717, 1.165) is 51.4 Å². The van der Waals surface area contributed by atoms with Crippen molar-refractivity contribution >= 4 is 5.91 Å². The van der Waals surface area contributed by atoms with Gasteiger partial charge in [-0.2, -0.15) is 0 Å². The molecule has 4 aliphatic carbocycles. The maximum atomic E-state index is 11.5. The molecule has 0 radical (unpaired) electrons. The van der Waals surface area contributed by atoms with Crippen LogP contribution in [-0.2, 0) is 4.79 Å². The summed E-state index contributed by atoms with van der Waals surface area (Å²) in [5.41, 5.74) is 5.30. The number of aliphatic hydroxyl groups is 3. The molecule has 4 aliphatic rings. The van der Waals surface area contributed by atoms with Crippen molar-refractivity contribution in [2.24, 2.45) is 52.1 Å². The summed E-state index contributed by atoms with van der Waals surface area (Å²) in [6.45, 7) is 6.82. The van der Waals surface area contributed by atoms with Crippen LogP contribution in [0.25, 0.3) is 0 Å². The Hall–Kier alpha value is -0.650. The van der Waals surface area contributed by atoms with Gasteiger partial charge in [0.05, 0.1) is 18.3 Å². The van der Waals surface area contributed by atoms with E-state index in [0.29, 0.717) is 36.0 Å². The molecule has 29 heavy (non-hydrogen) atoms. The molecule has 0 aliphatic heterocycles. The molecule has 4 fully saturated rings. The molecular weight excluding hydrogens is 366 g/mol. The fraction of sp³-hybridized carbons (Fsp3) is 0.958. The number of rotatable bonds is 4. The Kier molecular flexibility index (Phi) is 5.57. The molecule has 5 heteroatoms. The quantitative estimate of drug-likeness (QED) is 0.575. The minimum Gasteiger partial charge on any atom is -0.393 e. The van der Waals surface area contributed by atoms with E-state index >= 15 is 0 Å². The summed E-state index contributed by atoms with van der Waals surface area (Å²) >= 11 is 0. The van der Waals surface area contributed by atoms with E-state index in [2.05, 4.69) is 20.8 Å². The summed E-state index contributed by atoms with van der Waals surface area (Å²) in [7, 11) is 0. The van der Waals surface area contributed by atoms with Crippen LogP contribution < -0.4 is 5.73 Å². The number of carbonyl (C=O) groups excluding carboxylic acids is 1. The Bertz CT molecular complexity index is 640. The van der Waals surface area contributed by atoms with Crippen molar-refractivity contribution in [2.45, 2.75) is 96.9 Å². The second kappa shape index (κ2) is 7.49. The summed E-state index contributed by atoms with van der Waals surface area (Å²) in [6.07, 6.45) is 6.56. The van der Waals surface area contributed by atoms with Crippen molar-refractivity contribution in [1.29, 1.82) is 0 Å². The van der Waals surface area contributed by atoms with Crippen LogP contribution in [-0.4, -0.2) is 39.5 Å². The number of nitrogens with two attached hydrogens (primary N) is 1. The fourth-order valence-corrected chi connectivity index (χ4v) is 8.70. The van der Waals surface area contributed by atoms with Gasteiger partial charge in [0.25, 0.3) is 0 Å². The number of primary amides is 1. The number of hydrogen-bond acceptors (Lipinski definition) is 4. The lowest BCUT2D eigenvalue weighted by Crippen LogP contribution is -2.62. The molecule has 0 aromatic rings. The maximum Gasteiger partial charge on any atom is 0.217 e. The number of hydrogen-bond donors (Lipinski definition) is 4. The highest BCUT2D eigenvalue weighted by Crippen LogP contribution is 2.68. The second-order valence-corrected chi connectivity index (χ2v) is 11.5. The van der Waals surface area contributed by atoms with Gasteiger partial charge in [-0.3, -0.25) is 4.79 Å². The topological polar surface area (TPSA) is 104 Å². The Morgan fingerprint density at radius 1 is 1.07 bits per heavy atom. The zero-order valence-corrected chi connectivity index (χ0v) is 18.4. The fourth-order valence-electron chi connectivity index (χ4n) is 8.70. The first-order chi connectivity index (χ1) is 13.6. The van der Waals surface area contributed by atoms with Crippen molar-refractivity contribution in [3.63, 3.8) is 0 Å². The van der Waals surface area contributed by atoms with E-state index in [1.807, 2.05) is 0 Å². The van der Waals surface area contributed by atoms with E-state index in [1.54, 1.807) is 0 Å². The molecule has 5 N–H and O–H groups in total. The SMILES string of the molecule is C[C@H](CCC(N)=O)[C@H]1CC[C@H]2C3[C@H](O)CC4C[C@H](O)CC[C@]4(C)[C@H]3C[C@H](O)[C@]12C. The largest absolute Gasteiger partial charge is 0.393 e. The Morgan fingerprint density at radius 3 is 2.48 bits per heavy atom. The number of aliphatic hydroxyl groups excluding tert-OH is 3. The summed E-state index contributed by atoms with van der Waals surface area (Å²) < 4.78 is 0. The highest BCUT2D eigenvalue weighted by atomic mass is 16.3. The molecule has 0 heterocycles. The lowest BCUT2D eigenvalue weighted by atomic mass is 9.43. The smallest absolute Gasteiger partial charge is 0.217 e. The highest BCUT2D eigenvalue weighted by molar-refractivity contribution is 5.73. The van der Waals surface area contributed by atoms with E-state index in [1.165, 1.54) is 0 Å². The van der Waals surface area contributed by atoms with Crippen molar-refractivity contribution in [3.05, 3.63) is 0 Å². The predicted molar refractivity (Wildman–Crippen MR) is 112 cm³/mol. The zero-order valence-electron chi connectivity index (χ0n) is 18.4. The normalized spacial score (nSPS) is 52.9. The van der Waals surface area contributed by atoms with Crippen LogP contribution in [0.2, 0.25) is 0 Å². The average molecular weight is 408 g/mol. The van der Waals surface area contributed by atoms with Crippen LogP contribution in [0.3, 0.4) is 0 Å². The molecule has 166 valence electrons. The zero-order chi connectivity index (χ0) is 21.1. The molecule has 1 amide bonds. The van der Waals surface area contributed by atoms with Crippen LogP contribution in [0.4, 0.5) is 0 Å². The first-order valence-corrected chi connectivity index (χ1v) is 11.9. The van der Waals surface area contributed by atoms with Crippen molar-refractivity contribution in [2.75, 3.05) is 0 Å². The van der Waals surface area contributed by atoms with E-state index < -0.39 is 0 Å². The third kappa shape index (κ3) is 3.27. The summed E-state index contributed by atoms with van der Waals surface area (Å²) in [4.78, 5) is 11.3. The number of amides is 1. The van der Waals surface area contributed by atoms with E-state index in [9.17, 15) is 20.1 Å². The second-order valence-electron chi connectivity index (χ2n) is 11.5. The molecule has 0 aromatic heterocycles. The Morgan fingerprint density at radius 2 is 1.79 bits per heavy atom. The van der Waals surface area contributed by atoms with Crippen molar-refractivity contribution < 1.29 is 20.1 Å². The summed E-state index contributed by atoms with van der Waals surface area (Å²) in [6, 6.07) is 0. The van der Waals surface area contributed by atoms with Crippen LogP contribution in [0.5, 0.6) is 0 Å². The number of carbonyl (C=O) groups is 1. The standard InChI is InChI=1S/C24H41NO4/c1-13(4-7-21(25)29)16-5-6-17-22-18(12-20(28)24(16,17)3)23(2)9-8-15(26)10-14(23)11-19(22)27/h13-20,22,26-28H,4-12H2,1-3H3,(H2,25,29)/t13-,14?,15-,16-,17+,18+,19-,20+,22?,23+,24-/m1/s1. The van der Waals surface area contributed by atoms with Gasteiger partial charge in [-0.1, -0.05) is 20.8 Å². The van der Waals surface area contributed by atoms with Crippen LogP contribution in [0, 0.1) is 46.3 Å². The summed E-state index contributed by atoms with van der Waals surface area (Å²) in [5, 5.41) is 33.0. The van der Waals surface area contributed by atoms with Crippen LogP contribution >= 0.6 is 0 Å². The van der Waals surface area contributed by atoms with Crippen molar-refractivity contribution in [3.8, 4) is 0 Å². The Balaban J connectivity index is 1.61. The molecule has 0 bridgehead atoms. The lowest BCUT2D eigenvalue weighted by Gasteiger charge is -2.63. The third-order valence-corrected chi connectivity index (χ3v) is 10.4. The van der Waals surface area contributed by atoms with Gasteiger partial charge in [0.15, 0.2) is 0 Å². The predicted octanol–water partition coefficient (Wildman–Crippen LogP) is 2.85. The molecular formula is C24H41NO4. The molecule has 11 atom stereocenters. The van der Waals surface area contributed by atoms with Crippen LogP contribution in [0.15, 0.2) is 0 Å². The monoisotopic (exact) mass is 407 g/mol. The molecule has 0 saturated heterocycles. The molecule has 5 nitrogen and oxygen atoms in total. The first kappa shape index (κ1) is 21.6. The third-order valence-electron chi connectivity index (χ3n) is 10.4. The van der Waals surface area contributed by atoms with Gasteiger partial charge in [-0.25, -0.2) is 0 Å². The molecule has 2 unspecified atom stereocenters. The van der Waals surface area contributed by atoms with Gasteiger partial charge in [0.2, 0.25) is 5.91 Å². The molecule has 0 aromatic carbocycles. The van der Waals surface area contributed by atoms with Gasteiger partial charge in [-0.05, 0) is 97.7 Å². The first-order valence-electron chi connectivity index (χ1n) is 11.9. The highest BCUT2D eigenvalue weighted by Gasteiger charge is 2.65. The average Bonchev–Trinajstić information content (AvgIpc) is 3.01. The Labute approximate surface area is 175 Å². The number of fused-ring (bicyclic) bond motifs is 5. The van der Waals surface area contributed by atoms with Crippen molar-refractivity contribution in [1.82, 2.24) is 0 Å². The van der Waals surface area contributed by atoms with E-state index in [4.69, 9.17) is 5.73 Å². The van der Waals surface area contributed by atoms with E-state index in [-0.39, 0.29) is 41.0 Å². The maximum absolute atomic E-state index is 11.5. The van der Waals surface area contributed by atoms with Gasteiger partial charge < -0.3 is 21.1 Å². The minimum atomic E-state index is -0.369. The molecule has 4 rings (SSSR count). The lowest BCUT2D eigenvalue weighted by molar-refractivity contribution is -0.207. The summed E-state index contributed by atoms with van der Waals surface area (Å²) in [5.74, 6) is 1.72. The minimum absolute atomic E-state index is 0.112. The van der Waals surface area contributed by atoms with Crippen LogP contribution in [0.1, 0.15) is 78.6 Å². The van der Waals surface area contributed by atoms with Gasteiger partial charge >= 0.3 is 0 Å². The van der Waals surface area contributed by atoms with Gasteiger partial charge in [-0.15, -0.1) is 0 Å². The molecule has 0 spiro atoms. The van der Waals surface area contributed by atoms with Gasteiger partial charge in [0, 0.05) is 6.42 Å².